The number of para-hydroxylation sites is 2. The van der Waals surface area contributed by atoms with Gasteiger partial charge in [-0.3, -0.25) is 0 Å². The van der Waals surface area contributed by atoms with Crippen LogP contribution >= 0.6 is 0 Å². The molecule has 0 radical (unpaired) electrons. The van der Waals surface area contributed by atoms with Gasteiger partial charge in [0.2, 0.25) is 0 Å². The number of fused-ring (bicyclic) bond motifs is 12. The third kappa shape index (κ3) is 11.5. The summed E-state index contributed by atoms with van der Waals surface area (Å²) in [6.45, 7) is 27.9. The quantitative estimate of drug-likeness (QED) is 0.106. The summed E-state index contributed by atoms with van der Waals surface area (Å²) in [6, 6.07) is 129. The summed E-state index contributed by atoms with van der Waals surface area (Å²) in [5, 5.41) is 9.77. The molecule has 0 saturated carbocycles. The molecule has 113 heavy (non-hydrogen) atoms. The second kappa shape index (κ2) is 26.0. The molecule has 546 valence electrons. The smallest absolute Gasteiger partial charge is 0.252 e. The van der Waals surface area contributed by atoms with Gasteiger partial charge in [-0.1, -0.05) is 308 Å². The molecule has 0 N–H and O–H groups in total. The van der Waals surface area contributed by atoms with Crippen LogP contribution in [0.25, 0.3) is 132 Å². The number of anilines is 6. The average Bonchev–Trinajstić information content (AvgIpc) is 1.16. The van der Waals surface area contributed by atoms with E-state index in [4.69, 9.17) is 0 Å². The van der Waals surface area contributed by atoms with Crippen molar-refractivity contribution in [3.8, 4) is 67.0 Å². The number of aromatic nitrogens is 2. The first-order valence-corrected chi connectivity index (χ1v) is 40.2. The minimum atomic E-state index is -0.297. The molecule has 0 bridgehead atoms. The number of hydrogen-bond donors (Lipinski definition) is 0. The molecule has 2 aliphatic rings. The highest BCUT2D eigenvalue weighted by Gasteiger charge is 2.47. The van der Waals surface area contributed by atoms with Gasteiger partial charge in [0.1, 0.15) is 0 Å². The Morgan fingerprint density at radius 2 is 0.575 bits per heavy atom. The Bertz CT molecular complexity index is 6420. The van der Waals surface area contributed by atoms with Crippen molar-refractivity contribution in [3.63, 3.8) is 0 Å². The highest BCUT2D eigenvalue weighted by molar-refractivity contribution is 7.00. The van der Waals surface area contributed by atoms with E-state index in [9.17, 15) is 0 Å². The van der Waals surface area contributed by atoms with Crippen LogP contribution in [-0.2, 0) is 21.7 Å². The zero-order valence-corrected chi connectivity index (χ0v) is 66.6. The summed E-state index contributed by atoms with van der Waals surface area (Å²) >= 11 is 0. The largest absolute Gasteiger partial charge is 0.310 e. The standard InChI is InChI=1S/C108H91BN4/c1-105(2,3)76-48-54-96-90(60-76)83-43-27-29-46-94(83)110(96)80-50-52-92-98(66-80)112(103-86(68-32-17-13-18-33-68)62-78(107(7,8)9)63-87(103)69-34-19-14-20-35-69)100-58-75(82-45-31-42-74-56-72-40-25-26-41-73(72)57-85(74)82)59-101-102(100)109(92)93-53-51-81(111-95-47-30-28-44-84(95)91-61-77(106(4,5)6)49-55-97(91)111)67-99(93)113(101)104-88(70-36-21-15-22-37-70)64-79(108(10,11)12)65-89(104)71-38-23-16-24-39-71/h13-67H,1-12H3. The SMILES string of the molecule is CC(C)(C)c1cc(-c2ccccc2)c(N2c3cc(-n4c5ccccc5c5cc(C(C)(C)C)ccc54)ccc3B3c4ccc(-n5c6ccccc6c6cc(C(C)(C)C)ccc65)cc4N(c4c(-c5ccccc5)cc(C(C)(C)C)cc4-c4ccccc4)c4cc(-c5cccc6cc7ccccc7cc56)cc2c43)c(-c2ccccc2)c1. The summed E-state index contributed by atoms with van der Waals surface area (Å²) in [5.41, 5.74) is 33.3. The van der Waals surface area contributed by atoms with Gasteiger partial charge < -0.3 is 18.9 Å². The van der Waals surface area contributed by atoms with Crippen LogP contribution in [0.4, 0.5) is 34.1 Å². The van der Waals surface area contributed by atoms with Crippen molar-refractivity contribution in [2.75, 3.05) is 9.80 Å². The fourth-order valence-corrected chi connectivity index (χ4v) is 18.5. The number of rotatable bonds is 9. The molecule has 4 heterocycles. The van der Waals surface area contributed by atoms with Gasteiger partial charge in [0.25, 0.3) is 6.71 Å². The van der Waals surface area contributed by atoms with Gasteiger partial charge in [0.15, 0.2) is 0 Å². The Morgan fingerprint density at radius 3 is 0.973 bits per heavy atom. The van der Waals surface area contributed by atoms with Crippen molar-refractivity contribution < 1.29 is 0 Å². The van der Waals surface area contributed by atoms with E-state index in [2.05, 4.69) is 436 Å². The van der Waals surface area contributed by atoms with E-state index in [0.717, 1.165) is 101 Å². The Morgan fingerprint density at radius 1 is 0.221 bits per heavy atom. The lowest BCUT2D eigenvalue weighted by molar-refractivity contribution is 0.590. The van der Waals surface area contributed by atoms with Gasteiger partial charge in [-0.05, 0) is 224 Å². The molecule has 0 unspecified atom stereocenters. The van der Waals surface area contributed by atoms with Gasteiger partial charge in [-0.15, -0.1) is 0 Å². The van der Waals surface area contributed by atoms with E-state index in [-0.39, 0.29) is 28.4 Å². The minimum absolute atomic E-state index is 0.0571. The summed E-state index contributed by atoms with van der Waals surface area (Å²) in [5.74, 6) is 0. The van der Waals surface area contributed by atoms with E-state index < -0.39 is 0 Å². The van der Waals surface area contributed by atoms with E-state index in [1.165, 1.54) is 104 Å². The zero-order valence-electron chi connectivity index (χ0n) is 66.6. The average molecular weight is 1460 g/mol. The highest BCUT2D eigenvalue weighted by Crippen LogP contribution is 2.56. The van der Waals surface area contributed by atoms with E-state index >= 15 is 0 Å². The Hall–Kier alpha value is -12.7. The van der Waals surface area contributed by atoms with Crippen molar-refractivity contribution in [1.82, 2.24) is 9.13 Å². The molecule has 20 rings (SSSR count). The normalized spacial score (nSPS) is 13.1. The van der Waals surface area contributed by atoms with Crippen molar-refractivity contribution in [2.24, 2.45) is 0 Å². The molecule has 0 fully saturated rings. The molecule has 5 heteroatoms. The molecular formula is C108H91BN4. The maximum absolute atomic E-state index is 2.75. The molecule has 2 aliphatic heterocycles. The Balaban J connectivity index is 0.998. The third-order valence-corrected chi connectivity index (χ3v) is 24.4. The lowest BCUT2D eigenvalue weighted by atomic mass is 9.33. The van der Waals surface area contributed by atoms with Crippen LogP contribution in [0.5, 0.6) is 0 Å². The molecule has 0 atom stereocenters. The molecule has 0 amide bonds. The molecular weight excluding hydrogens is 1360 g/mol. The summed E-state index contributed by atoms with van der Waals surface area (Å²) < 4.78 is 5.09. The molecule has 4 nitrogen and oxygen atoms in total. The van der Waals surface area contributed by atoms with E-state index in [1.54, 1.807) is 0 Å². The molecule has 0 saturated heterocycles. The highest BCUT2D eigenvalue weighted by atomic mass is 15.2. The van der Waals surface area contributed by atoms with Gasteiger partial charge in [0.05, 0.1) is 33.4 Å². The molecule has 18 aromatic rings. The van der Waals surface area contributed by atoms with Crippen LogP contribution in [0, 0.1) is 0 Å². The Kier molecular flexibility index (Phi) is 16.0. The van der Waals surface area contributed by atoms with Crippen LogP contribution in [0.2, 0.25) is 0 Å². The lowest BCUT2D eigenvalue weighted by Crippen LogP contribution is -2.61. The predicted octanol–water partition coefficient (Wildman–Crippen LogP) is 27.8. The van der Waals surface area contributed by atoms with Gasteiger partial charge in [0, 0.05) is 77.9 Å². The van der Waals surface area contributed by atoms with Crippen LogP contribution in [0.1, 0.15) is 105 Å². The topological polar surface area (TPSA) is 16.3 Å². The van der Waals surface area contributed by atoms with Crippen molar-refractivity contribution in [1.29, 1.82) is 0 Å². The van der Waals surface area contributed by atoms with Crippen molar-refractivity contribution >= 4 is 122 Å². The fourth-order valence-electron chi connectivity index (χ4n) is 18.5. The van der Waals surface area contributed by atoms with Crippen LogP contribution in [0.3, 0.4) is 0 Å². The first kappa shape index (κ1) is 69.5. The van der Waals surface area contributed by atoms with Gasteiger partial charge >= 0.3 is 0 Å². The maximum Gasteiger partial charge on any atom is 0.252 e. The number of nitrogens with zero attached hydrogens (tertiary/aromatic N) is 4. The summed E-state index contributed by atoms with van der Waals surface area (Å²) in [7, 11) is 0. The van der Waals surface area contributed by atoms with E-state index in [0.29, 0.717) is 0 Å². The lowest BCUT2D eigenvalue weighted by Gasteiger charge is -2.46. The molecule has 16 aromatic carbocycles. The molecule has 0 spiro atoms. The van der Waals surface area contributed by atoms with Crippen LogP contribution in [0.15, 0.2) is 334 Å². The van der Waals surface area contributed by atoms with Crippen molar-refractivity contribution in [2.45, 2.75) is 105 Å². The monoisotopic (exact) mass is 1450 g/mol. The van der Waals surface area contributed by atoms with Gasteiger partial charge in [-0.25, -0.2) is 0 Å². The second-order valence-corrected chi connectivity index (χ2v) is 35.7. The van der Waals surface area contributed by atoms with Crippen LogP contribution < -0.4 is 26.2 Å². The number of benzene rings is 16. The van der Waals surface area contributed by atoms with Crippen LogP contribution in [-0.4, -0.2) is 15.8 Å². The predicted molar refractivity (Wildman–Crippen MR) is 486 cm³/mol. The minimum Gasteiger partial charge on any atom is -0.310 e. The summed E-state index contributed by atoms with van der Waals surface area (Å²) in [6.07, 6.45) is 0. The first-order valence-electron chi connectivity index (χ1n) is 40.2. The molecule has 2 aromatic heterocycles. The number of hydrogen-bond acceptors (Lipinski definition) is 2. The maximum atomic E-state index is 2.75. The fraction of sp³-hybridized carbons (Fsp3) is 0.148. The summed E-state index contributed by atoms with van der Waals surface area (Å²) in [4.78, 5) is 5.50. The van der Waals surface area contributed by atoms with Gasteiger partial charge in [-0.2, -0.15) is 0 Å². The van der Waals surface area contributed by atoms with E-state index in [1.807, 2.05) is 0 Å². The Labute approximate surface area is 664 Å². The van der Waals surface area contributed by atoms with Crippen molar-refractivity contribution in [3.05, 3.63) is 356 Å². The first-order chi connectivity index (χ1) is 54.6. The molecule has 0 aliphatic carbocycles. The zero-order chi connectivity index (χ0) is 77.1. The second-order valence-electron chi connectivity index (χ2n) is 35.7. The third-order valence-electron chi connectivity index (χ3n) is 24.4.